The fraction of sp³-hybridized carbons (Fsp3) is 0.688. The number of hydrogen-bond acceptors (Lipinski definition) is 5. The molecule has 0 spiro atoms. The van der Waals surface area contributed by atoms with Crippen LogP contribution in [0.5, 0.6) is 0 Å². The van der Waals surface area contributed by atoms with Gasteiger partial charge in [0.1, 0.15) is 5.25 Å². The Labute approximate surface area is 140 Å². The molecule has 0 radical (unpaired) electrons. The standard InChI is InChI=1S/C16H24N2O2S2/c1-20-11-16(4-6-17-7-5-16)10-18-15(19)14-12-2-8-21-13(12)3-9-22-14/h2,8,14,17H,3-7,9-11H2,1H3,(H,18,19). The third kappa shape index (κ3) is 3.50. The molecule has 6 heteroatoms. The molecule has 0 saturated carbocycles. The van der Waals surface area contributed by atoms with Crippen LogP contribution >= 0.6 is 23.1 Å². The summed E-state index contributed by atoms with van der Waals surface area (Å²) in [5.41, 5.74) is 1.32. The number of piperidine rings is 1. The molecule has 3 rings (SSSR count). The van der Waals surface area contributed by atoms with Gasteiger partial charge in [0.25, 0.3) is 0 Å². The van der Waals surface area contributed by atoms with Crippen LogP contribution in [0.15, 0.2) is 11.4 Å². The predicted octanol–water partition coefficient (Wildman–Crippen LogP) is 2.21. The lowest BCUT2D eigenvalue weighted by Crippen LogP contribution is -2.47. The van der Waals surface area contributed by atoms with E-state index in [2.05, 4.69) is 22.1 Å². The molecule has 0 aliphatic carbocycles. The van der Waals surface area contributed by atoms with E-state index in [9.17, 15) is 4.79 Å². The van der Waals surface area contributed by atoms with Crippen molar-refractivity contribution in [1.82, 2.24) is 10.6 Å². The fourth-order valence-electron chi connectivity index (χ4n) is 3.37. The largest absolute Gasteiger partial charge is 0.384 e. The Balaban J connectivity index is 1.62. The van der Waals surface area contributed by atoms with Crippen LogP contribution in [0.3, 0.4) is 0 Å². The molecule has 1 atom stereocenters. The number of carbonyl (C=O) groups is 1. The summed E-state index contributed by atoms with van der Waals surface area (Å²) in [4.78, 5) is 14.0. The van der Waals surface area contributed by atoms with Crippen molar-refractivity contribution in [2.75, 3.05) is 39.1 Å². The van der Waals surface area contributed by atoms with Gasteiger partial charge in [-0.15, -0.1) is 23.1 Å². The number of rotatable bonds is 5. The van der Waals surface area contributed by atoms with Gasteiger partial charge in [0.15, 0.2) is 0 Å². The molecule has 1 aromatic heterocycles. The third-order valence-corrected chi connectivity index (χ3v) is 6.90. The van der Waals surface area contributed by atoms with Crippen LogP contribution in [0.1, 0.15) is 28.5 Å². The van der Waals surface area contributed by atoms with E-state index in [1.54, 1.807) is 30.2 Å². The first-order valence-corrected chi connectivity index (χ1v) is 9.82. The molecule has 1 fully saturated rings. The Morgan fingerprint density at radius 2 is 2.32 bits per heavy atom. The number of nitrogens with one attached hydrogen (secondary N) is 2. The third-order valence-electron chi connectivity index (χ3n) is 4.67. The van der Waals surface area contributed by atoms with Gasteiger partial charge in [0.2, 0.25) is 5.91 Å². The highest BCUT2D eigenvalue weighted by Gasteiger charge is 2.34. The van der Waals surface area contributed by atoms with Gasteiger partial charge < -0.3 is 15.4 Å². The smallest absolute Gasteiger partial charge is 0.237 e. The molecule has 1 unspecified atom stereocenters. The summed E-state index contributed by atoms with van der Waals surface area (Å²) in [5.74, 6) is 1.21. The van der Waals surface area contributed by atoms with Gasteiger partial charge in [0.05, 0.1) is 6.61 Å². The van der Waals surface area contributed by atoms with Crippen molar-refractivity contribution in [3.8, 4) is 0 Å². The molecule has 0 aromatic carbocycles. The predicted molar refractivity (Wildman–Crippen MR) is 92.6 cm³/mol. The molecule has 0 bridgehead atoms. The molecule has 1 aromatic rings. The molecule has 1 amide bonds. The van der Waals surface area contributed by atoms with Crippen molar-refractivity contribution < 1.29 is 9.53 Å². The van der Waals surface area contributed by atoms with E-state index >= 15 is 0 Å². The number of thioether (sulfide) groups is 1. The molecule has 122 valence electrons. The summed E-state index contributed by atoms with van der Waals surface area (Å²) in [6, 6.07) is 2.12. The van der Waals surface area contributed by atoms with E-state index in [4.69, 9.17) is 4.74 Å². The van der Waals surface area contributed by atoms with E-state index < -0.39 is 0 Å². The lowest BCUT2D eigenvalue weighted by molar-refractivity contribution is -0.121. The number of amides is 1. The van der Waals surface area contributed by atoms with E-state index in [0.717, 1.165) is 51.3 Å². The van der Waals surface area contributed by atoms with Crippen LogP contribution in [-0.2, 0) is 16.0 Å². The monoisotopic (exact) mass is 340 g/mol. The van der Waals surface area contributed by atoms with Crippen molar-refractivity contribution in [1.29, 1.82) is 0 Å². The van der Waals surface area contributed by atoms with Gasteiger partial charge in [-0.25, -0.2) is 0 Å². The zero-order valence-corrected chi connectivity index (χ0v) is 14.7. The second-order valence-corrected chi connectivity index (χ2v) is 8.41. The SMILES string of the molecule is COCC1(CNC(=O)C2SCCc3sccc32)CCNCC1. The van der Waals surface area contributed by atoms with Gasteiger partial charge >= 0.3 is 0 Å². The van der Waals surface area contributed by atoms with E-state index in [1.807, 2.05) is 0 Å². The average Bonchev–Trinajstić information content (AvgIpc) is 3.02. The summed E-state index contributed by atoms with van der Waals surface area (Å²) in [6.07, 6.45) is 3.21. The van der Waals surface area contributed by atoms with Crippen LogP contribution in [0.25, 0.3) is 0 Å². The van der Waals surface area contributed by atoms with E-state index in [-0.39, 0.29) is 16.6 Å². The minimum absolute atomic E-state index is 0.0312. The quantitative estimate of drug-likeness (QED) is 0.863. The summed E-state index contributed by atoms with van der Waals surface area (Å²) in [6.45, 7) is 3.45. The minimum atomic E-state index is -0.0312. The van der Waals surface area contributed by atoms with Crippen LogP contribution in [0.2, 0.25) is 0 Å². The van der Waals surface area contributed by atoms with E-state index in [0.29, 0.717) is 0 Å². The van der Waals surface area contributed by atoms with Crippen molar-refractivity contribution in [3.63, 3.8) is 0 Å². The van der Waals surface area contributed by atoms with Gasteiger partial charge in [-0.1, -0.05) is 0 Å². The second kappa shape index (κ2) is 7.34. The van der Waals surface area contributed by atoms with Crippen molar-refractivity contribution in [2.45, 2.75) is 24.5 Å². The van der Waals surface area contributed by atoms with Crippen molar-refractivity contribution in [3.05, 3.63) is 21.9 Å². The number of hydrogen-bond donors (Lipinski definition) is 2. The lowest BCUT2D eigenvalue weighted by atomic mass is 9.79. The minimum Gasteiger partial charge on any atom is -0.384 e. The Kier molecular flexibility index (Phi) is 5.44. The van der Waals surface area contributed by atoms with Crippen LogP contribution in [0.4, 0.5) is 0 Å². The first-order chi connectivity index (χ1) is 10.7. The van der Waals surface area contributed by atoms with Gasteiger partial charge in [-0.2, -0.15) is 0 Å². The Morgan fingerprint density at radius 1 is 1.50 bits per heavy atom. The average molecular weight is 341 g/mol. The number of ether oxygens (including phenoxy) is 1. The lowest BCUT2D eigenvalue weighted by Gasteiger charge is -2.37. The summed E-state index contributed by atoms with van der Waals surface area (Å²) < 4.78 is 5.42. The fourth-order valence-corrected chi connectivity index (χ4v) is 5.68. The van der Waals surface area contributed by atoms with E-state index in [1.165, 1.54) is 10.4 Å². The van der Waals surface area contributed by atoms with Gasteiger partial charge in [-0.05, 0) is 55.1 Å². The number of carbonyl (C=O) groups excluding carboxylic acids is 1. The maximum absolute atomic E-state index is 12.7. The Morgan fingerprint density at radius 3 is 3.09 bits per heavy atom. The van der Waals surface area contributed by atoms with Crippen LogP contribution in [-0.4, -0.2) is 45.0 Å². The zero-order chi connectivity index (χ0) is 15.4. The normalized spacial score (nSPS) is 23.8. The molecule has 2 aliphatic heterocycles. The number of methoxy groups -OCH3 is 1. The Bertz CT molecular complexity index is 506. The number of thiophene rings is 1. The van der Waals surface area contributed by atoms with Crippen LogP contribution in [0, 0.1) is 5.41 Å². The summed E-state index contributed by atoms with van der Waals surface area (Å²) in [7, 11) is 1.75. The Hall–Kier alpha value is -0.560. The first-order valence-electron chi connectivity index (χ1n) is 7.89. The number of aryl methyl sites for hydroxylation is 1. The topological polar surface area (TPSA) is 50.4 Å². The van der Waals surface area contributed by atoms with Gasteiger partial charge in [0, 0.05) is 23.9 Å². The molecule has 22 heavy (non-hydrogen) atoms. The molecule has 3 heterocycles. The summed E-state index contributed by atoms with van der Waals surface area (Å²) in [5, 5.41) is 8.68. The number of fused-ring (bicyclic) bond motifs is 1. The summed E-state index contributed by atoms with van der Waals surface area (Å²) >= 11 is 3.55. The second-order valence-electron chi connectivity index (χ2n) is 6.20. The molecular weight excluding hydrogens is 316 g/mol. The van der Waals surface area contributed by atoms with Crippen LogP contribution < -0.4 is 10.6 Å². The van der Waals surface area contributed by atoms with Crippen molar-refractivity contribution in [2.24, 2.45) is 5.41 Å². The van der Waals surface area contributed by atoms with Crippen molar-refractivity contribution >= 4 is 29.0 Å². The maximum Gasteiger partial charge on any atom is 0.237 e. The molecule has 1 saturated heterocycles. The zero-order valence-electron chi connectivity index (χ0n) is 13.0. The molecule has 4 nitrogen and oxygen atoms in total. The maximum atomic E-state index is 12.7. The first kappa shape index (κ1) is 16.3. The molecular formula is C16H24N2O2S2. The molecule has 2 aliphatic rings. The highest BCUT2D eigenvalue weighted by molar-refractivity contribution is 8.00. The molecule has 2 N–H and O–H groups in total. The highest BCUT2D eigenvalue weighted by Crippen LogP contribution is 2.39. The van der Waals surface area contributed by atoms with Gasteiger partial charge in [-0.3, -0.25) is 4.79 Å². The highest BCUT2D eigenvalue weighted by atomic mass is 32.2.